The average Bonchev–Trinajstić information content (AvgIpc) is 3.39. The molecular weight excluding hydrogens is 386 g/mol. The minimum absolute atomic E-state index is 0.249. The first-order valence-corrected chi connectivity index (χ1v) is 10.8. The number of para-hydroxylation sites is 1. The molecule has 7 heteroatoms. The van der Waals surface area contributed by atoms with Crippen LogP contribution in [0.15, 0.2) is 52.3 Å². The number of likely N-dealkylation sites (tertiary alicyclic amines) is 1. The van der Waals surface area contributed by atoms with E-state index >= 15 is 0 Å². The SMILES string of the molecule is CC1CCN(Cc2csc(NC(=O)c3ccc(COc4ccccc4)o3)n2)CC1. The van der Waals surface area contributed by atoms with E-state index < -0.39 is 0 Å². The quantitative estimate of drug-likeness (QED) is 0.605. The number of hydrogen-bond acceptors (Lipinski definition) is 6. The largest absolute Gasteiger partial charge is 0.486 e. The smallest absolute Gasteiger partial charge is 0.293 e. The van der Waals surface area contributed by atoms with Crippen molar-refractivity contribution < 1.29 is 13.9 Å². The highest BCUT2D eigenvalue weighted by molar-refractivity contribution is 7.13. The number of furan rings is 1. The molecule has 3 aromatic rings. The Hall–Kier alpha value is -2.64. The van der Waals surface area contributed by atoms with Gasteiger partial charge in [0.2, 0.25) is 0 Å². The molecule has 0 saturated carbocycles. The third-order valence-electron chi connectivity index (χ3n) is 5.04. The van der Waals surface area contributed by atoms with Crippen molar-refractivity contribution in [2.75, 3.05) is 18.4 Å². The van der Waals surface area contributed by atoms with Gasteiger partial charge in [-0.15, -0.1) is 11.3 Å². The summed E-state index contributed by atoms with van der Waals surface area (Å²) in [6, 6.07) is 12.9. The summed E-state index contributed by atoms with van der Waals surface area (Å²) in [7, 11) is 0. The van der Waals surface area contributed by atoms with Gasteiger partial charge in [0.1, 0.15) is 18.1 Å². The first kappa shape index (κ1) is 19.7. The molecule has 1 aliphatic rings. The fourth-order valence-corrected chi connectivity index (χ4v) is 3.99. The number of nitrogens with zero attached hydrogens (tertiary/aromatic N) is 2. The molecule has 152 valence electrons. The Morgan fingerprint density at radius 2 is 2.03 bits per heavy atom. The summed E-state index contributed by atoms with van der Waals surface area (Å²) in [6.45, 7) is 5.64. The summed E-state index contributed by atoms with van der Waals surface area (Å²) < 4.78 is 11.3. The van der Waals surface area contributed by atoms with Crippen LogP contribution in [0.5, 0.6) is 5.75 Å². The van der Waals surface area contributed by atoms with Gasteiger partial charge in [-0.1, -0.05) is 25.1 Å². The zero-order valence-electron chi connectivity index (χ0n) is 16.5. The zero-order chi connectivity index (χ0) is 20.1. The molecule has 3 heterocycles. The Labute approximate surface area is 174 Å². The molecule has 1 aliphatic heterocycles. The van der Waals surface area contributed by atoms with E-state index in [2.05, 4.69) is 22.1 Å². The number of piperidine rings is 1. The van der Waals surface area contributed by atoms with E-state index in [4.69, 9.17) is 9.15 Å². The molecule has 1 amide bonds. The van der Waals surface area contributed by atoms with Gasteiger partial charge in [0.25, 0.3) is 5.91 Å². The van der Waals surface area contributed by atoms with Crippen LogP contribution in [0.2, 0.25) is 0 Å². The van der Waals surface area contributed by atoms with Gasteiger partial charge >= 0.3 is 0 Å². The maximum Gasteiger partial charge on any atom is 0.293 e. The maximum absolute atomic E-state index is 12.4. The van der Waals surface area contributed by atoms with Crippen LogP contribution in [0.4, 0.5) is 5.13 Å². The molecule has 4 rings (SSSR count). The van der Waals surface area contributed by atoms with Crippen LogP contribution < -0.4 is 10.1 Å². The second kappa shape index (κ2) is 9.24. The molecule has 29 heavy (non-hydrogen) atoms. The number of nitrogens with one attached hydrogen (secondary N) is 1. The van der Waals surface area contributed by atoms with Gasteiger partial charge in [-0.05, 0) is 56.1 Å². The van der Waals surface area contributed by atoms with Crippen LogP contribution in [0.25, 0.3) is 0 Å². The van der Waals surface area contributed by atoms with E-state index in [1.807, 2.05) is 35.7 Å². The van der Waals surface area contributed by atoms with Crippen molar-refractivity contribution in [1.29, 1.82) is 0 Å². The zero-order valence-corrected chi connectivity index (χ0v) is 17.3. The second-order valence-electron chi connectivity index (χ2n) is 7.42. The third-order valence-corrected chi connectivity index (χ3v) is 5.85. The standard InChI is InChI=1S/C22H25N3O3S/c1-16-9-11-25(12-10-16)13-17-15-29-22(23-17)24-21(26)20-8-7-19(28-20)14-27-18-5-3-2-4-6-18/h2-8,15-16H,9-14H2,1H3,(H,23,24,26). The normalized spacial score (nSPS) is 15.3. The highest BCUT2D eigenvalue weighted by Gasteiger charge is 2.18. The summed E-state index contributed by atoms with van der Waals surface area (Å²) in [6.07, 6.45) is 2.48. The van der Waals surface area contributed by atoms with E-state index in [0.29, 0.717) is 10.9 Å². The molecule has 0 radical (unpaired) electrons. The van der Waals surface area contributed by atoms with E-state index in [0.717, 1.165) is 37.0 Å². The van der Waals surface area contributed by atoms with Crippen LogP contribution >= 0.6 is 11.3 Å². The Bertz CT molecular complexity index is 930. The van der Waals surface area contributed by atoms with Crippen LogP contribution in [-0.4, -0.2) is 28.9 Å². The number of carbonyl (C=O) groups is 1. The topological polar surface area (TPSA) is 67.6 Å². The van der Waals surface area contributed by atoms with Crippen molar-refractivity contribution in [2.24, 2.45) is 5.92 Å². The number of hydrogen-bond donors (Lipinski definition) is 1. The number of rotatable bonds is 7. The van der Waals surface area contributed by atoms with Crippen LogP contribution in [0.1, 0.15) is 41.8 Å². The molecule has 0 aliphatic carbocycles. The van der Waals surface area contributed by atoms with Gasteiger partial charge in [-0.2, -0.15) is 0 Å². The van der Waals surface area contributed by atoms with Crippen LogP contribution in [0.3, 0.4) is 0 Å². The van der Waals surface area contributed by atoms with Gasteiger partial charge in [-0.3, -0.25) is 15.0 Å². The highest BCUT2D eigenvalue weighted by Crippen LogP contribution is 2.22. The van der Waals surface area contributed by atoms with Crippen molar-refractivity contribution in [1.82, 2.24) is 9.88 Å². The molecule has 6 nitrogen and oxygen atoms in total. The van der Waals surface area contributed by atoms with Gasteiger partial charge in [0.15, 0.2) is 10.9 Å². The molecule has 1 saturated heterocycles. The van der Waals surface area contributed by atoms with Gasteiger partial charge in [0, 0.05) is 11.9 Å². The molecule has 0 atom stereocenters. The first-order chi connectivity index (χ1) is 14.2. The molecule has 2 aromatic heterocycles. The number of aromatic nitrogens is 1. The van der Waals surface area contributed by atoms with Crippen molar-refractivity contribution in [3.05, 3.63) is 65.1 Å². The Morgan fingerprint density at radius 3 is 2.83 bits per heavy atom. The highest BCUT2D eigenvalue weighted by atomic mass is 32.1. The predicted octanol–water partition coefficient (Wildman–Crippen LogP) is 4.80. The number of thiazole rings is 1. The fourth-order valence-electron chi connectivity index (χ4n) is 3.29. The first-order valence-electron chi connectivity index (χ1n) is 9.90. The van der Waals surface area contributed by atoms with E-state index in [-0.39, 0.29) is 18.3 Å². The molecule has 1 N–H and O–H groups in total. The molecule has 0 spiro atoms. The molecule has 0 bridgehead atoms. The predicted molar refractivity (Wildman–Crippen MR) is 113 cm³/mol. The number of ether oxygens (including phenoxy) is 1. The summed E-state index contributed by atoms with van der Waals surface area (Å²) >= 11 is 1.44. The van der Waals surface area contributed by atoms with Gasteiger partial charge in [0.05, 0.1) is 5.69 Å². The summed E-state index contributed by atoms with van der Waals surface area (Å²) in [5.74, 6) is 2.11. The number of carbonyl (C=O) groups excluding carboxylic acids is 1. The van der Waals surface area contributed by atoms with Crippen molar-refractivity contribution >= 4 is 22.4 Å². The average molecular weight is 412 g/mol. The minimum Gasteiger partial charge on any atom is -0.486 e. The van der Waals surface area contributed by atoms with Crippen molar-refractivity contribution in [3.8, 4) is 5.75 Å². The summed E-state index contributed by atoms with van der Waals surface area (Å²) in [5, 5.41) is 5.43. The summed E-state index contributed by atoms with van der Waals surface area (Å²) in [5.41, 5.74) is 0.997. The van der Waals surface area contributed by atoms with Crippen LogP contribution in [-0.2, 0) is 13.2 Å². The fraction of sp³-hybridized carbons (Fsp3) is 0.364. The lowest BCUT2D eigenvalue weighted by Gasteiger charge is -2.29. The molecular formula is C22H25N3O3S. The monoisotopic (exact) mass is 411 g/mol. The Kier molecular flexibility index (Phi) is 6.27. The second-order valence-corrected chi connectivity index (χ2v) is 8.28. The van der Waals surface area contributed by atoms with Crippen molar-refractivity contribution in [2.45, 2.75) is 32.9 Å². The third kappa shape index (κ3) is 5.46. The lowest BCUT2D eigenvalue weighted by atomic mass is 9.99. The number of amides is 1. The molecule has 1 fully saturated rings. The van der Waals surface area contributed by atoms with Gasteiger partial charge < -0.3 is 9.15 Å². The lowest BCUT2D eigenvalue weighted by Crippen LogP contribution is -2.32. The number of anilines is 1. The summed E-state index contributed by atoms with van der Waals surface area (Å²) in [4.78, 5) is 19.4. The maximum atomic E-state index is 12.4. The van der Waals surface area contributed by atoms with Crippen molar-refractivity contribution in [3.63, 3.8) is 0 Å². The Balaban J connectivity index is 1.28. The minimum atomic E-state index is -0.302. The molecule has 0 unspecified atom stereocenters. The lowest BCUT2D eigenvalue weighted by molar-refractivity contribution is 0.0992. The molecule has 1 aromatic carbocycles. The van der Waals surface area contributed by atoms with Crippen LogP contribution in [0, 0.1) is 5.92 Å². The van der Waals surface area contributed by atoms with Gasteiger partial charge in [-0.25, -0.2) is 4.98 Å². The van der Waals surface area contributed by atoms with E-state index in [1.54, 1.807) is 12.1 Å². The van der Waals surface area contributed by atoms with E-state index in [1.165, 1.54) is 24.2 Å². The Morgan fingerprint density at radius 1 is 1.24 bits per heavy atom. The van der Waals surface area contributed by atoms with E-state index in [9.17, 15) is 4.79 Å². The number of benzene rings is 1.